The molecule has 0 aliphatic heterocycles. The lowest BCUT2D eigenvalue weighted by atomic mass is 9.87. The molecule has 0 atom stereocenters. The zero-order valence-electron chi connectivity index (χ0n) is 13.8. The first-order valence-corrected chi connectivity index (χ1v) is 7.85. The third-order valence-electron chi connectivity index (χ3n) is 3.25. The molecule has 0 aliphatic rings. The van der Waals surface area contributed by atoms with E-state index in [4.69, 9.17) is 10.5 Å². The lowest BCUT2D eigenvalue weighted by Crippen LogP contribution is -2.24. The number of nitrogens with one attached hydrogen (secondary N) is 1. The maximum atomic E-state index is 5.69. The molecule has 1 heterocycles. The van der Waals surface area contributed by atoms with Gasteiger partial charge in [-0.05, 0) is 18.3 Å². The van der Waals surface area contributed by atoms with Crippen LogP contribution < -0.4 is 15.8 Å². The number of nitrogens with two attached hydrogens (primary N) is 1. The summed E-state index contributed by atoms with van der Waals surface area (Å²) in [6, 6.07) is 0.288. The van der Waals surface area contributed by atoms with E-state index < -0.39 is 0 Å². The Bertz CT molecular complexity index is 423. The largest absolute Gasteiger partial charge is 0.463 e. The molecule has 0 saturated carbocycles. The van der Waals surface area contributed by atoms with Gasteiger partial charge in [0.25, 0.3) is 0 Å². The van der Waals surface area contributed by atoms with Gasteiger partial charge in [0.05, 0.1) is 6.61 Å². The van der Waals surface area contributed by atoms with Gasteiger partial charge in [-0.15, -0.1) is 0 Å². The van der Waals surface area contributed by atoms with Crippen LogP contribution in [0.2, 0.25) is 0 Å². The number of hydrogen-bond donors (Lipinski definition) is 2. The highest BCUT2D eigenvalue weighted by atomic mass is 16.5. The second-order valence-corrected chi connectivity index (χ2v) is 6.12. The summed E-state index contributed by atoms with van der Waals surface area (Å²) in [4.78, 5) is 12.3. The van der Waals surface area contributed by atoms with Crippen LogP contribution in [0.3, 0.4) is 0 Å². The minimum Gasteiger partial charge on any atom is -0.463 e. The van der Waals surface area contributed by atoms with Crippen molar-refractivity contribution in [2.45, 2.75) is 59.8 Å². The molecule has 0 amide bonds. The molecule has 0 fully saturated rings. The van der Waals surface area contributed by atoms with Crippen molar-refractivity contribution in [2.24, 2.45) is 5.41 Å². The van der Waals surface area contributed by atoms with E-state index in [1.165, 1.54) is 25.7 Å². The summed E-state index contributed by atoms with van der Waals surface area (Å²) in [5, 5.41) is 3.25. The third kappa shape index (κ3) is 7.11. The van der Waals surface area contributed by atoms with Crippen molar-refractivity contribution in [1.82, 2.24) is 15.0 Å². The smallest absolute Gasteiger partial charge is 0.323 e. The fourth-order valence-electron chi connectivity index (χ4n) is 1.97. The van der Waals surface area contributed by atoms with Crippen molar-refractivity contribution in [2.75, 3.05) is 24.2 Å². The Labute approximate surface area is 127 Å². The topological polar surface area (TPSA) is 86.0 Å². The summed E-state index contributed by atoms with van der Waals surface area (Å²) in [5.74, 6) is 0.666. The fraction of sp³-hybridized carbons (Fsp3) is 0.800. The SMILES string of the molecule is CCCCCC(C)(C)CNc1nc(N)nc(OCCC)n1. The summed E-state index contributed by atoms with van der Waals surface area (Å²) in [6.45, 7) is 10.1. The molecule has 1 aromatic heterocycles. The first kappa shape index (κ1) is 17.5. The van der Waals surface area contributed by atoms with Crippen molar-refractivity contribution in [1.29, 1.82) is 0 Å². The van der Waals surface area contributed by atoms with Gasteiger partial charge in [-0.2, -0.15) is 15.0 Å². The monoisotopic (exact) mass is 295 g/mol. The molecule has 0 radical (unpaired) electrons. The number of nitrogens with zero attached hydrogens (tertiary/aromatic N) is 3. The maximum absolute atomic E-state index is 5.69. The normalized spacial score (nSPS) is 11.4. The molecule has 1 rings (SSSR count). The maximum Gasteiger partial charge on any atom is 0.323 e. The Kier molecular flexibility index (Phi) is 7.19. The van der Waals surface area contributed by atoms with Gasteiger partial charge in [0.15, 0.2) is 0 Å². The second kappa shape index (κ2) is 8.64. The van der Waals surface area contributed by atoms with Gasteiger partial charge >= 0.3 is 6.01 Å². The van der Waals surface area contributed by atoms with Crippen LogP contribution in [0.15, 0.2) is 0 Å². The number of aromatic nitrogens is 3. The van der Waals surface area contributed by atoms with Crippen LogP contribution in [-0.4, -0.2) is 28.1 Å². The minimum atomic E-state index is 0.183. The Morgan fingerprint density at radius 2 is 1.86 bits per heavy atom. The summed E-state index contributed by atoms with van der Waals surface area (Å²) in [6.07, 6.45) is 5.84. The van der Waals surface area contributed by atoms with Crippen molar-refractivity contribution >= 4 is 11.9 Å². The summed E-state index contributed by atoms with van der Waals surface area (Å²) >= 11 is 0. The van der Waals surface area contributed by atoms with E-state index in [2.05, 4.69) is 41.0 Å². The van der Waals surface area contributed by atoms with Crippen LogP contribution in [0, 0.1) is 5.41 Å². The molecule has 3 N–H and O–H groups in total. The number of ether oxygens (including phenoxy) is 1. The average molecular weight is 295 g/mol. The van der Waals surface area contributed by atoms with Crippen LogP contribution in [0.1, 0.15) is 59.8 Å². The van der Waals surface area contributed by atoms with E-state index in [9.17, 15) is 0 Å². The summed E-state index contributed by atoms with van der Waals surface area (Å²) < 4.78 is 5.41. The molecular weight excluding hydrogens is 266 g/mol. The van der Waals surface area contributed by atoms with E-state index in [1.807, 2.05) is 6.92 Å². The lowest BCUT2D eigenvalue weighted by Gasteiger charge is -2.25. The second-order valence-electron chi connectivity index (χ2n) is 6.12. The summed E-state index contributed by atoms with van der Waals surface area (Å²) in [5.41, 5.74) is 5.88. The molecule has 0 saturated heterocycles. The molecule has 0 bridgehead atoms. The Morgan fingerprint density at radius 1 is 1.10 bits per heavy atom. The minimum absolute atomic E-state index is 0.183. The lowest BCUT2D eigenvalue weighted by molar-refractivity contribution is 0.292. The highest BCUT2D eigenvalue weighted by Crippen LogP contribution is 2.24. The van der Waals surface area contributed by atoms with E-state index >= 15 is 0 Å². The summed E-state index contributed by atoms with van der Waals surface area (Å²) in [7, 11) is 0. The van der Waals surface area contributed by atoms with Gasteiger partial charge in [-0.1, -0.05) is 47.0 Å². The molecule has 6 heteroatoms. The third-order valence-corrected chi connectivity index (χ3v) is 3.25. The van der Waals surface area contributed by atoms with Gasteiger partial charge in [0.1, 0.15) is 0 Å². The van der Waals surface area contributed by atoms with Crippen molar-refractivity contribution in [3.63, 3.8) is 0 Å². The number of anilines is 2. The van der Waals surface area contributed by atoms with Crippen LogP contribution in [0.5, 0.6) is 6.01 Å². The van der Waals surface area contributed by atoms with E-state index in [0.717, 1.165) is 13.0 Å². The standard InChI is InChI=1S/C15H29N5O/c1-5-7-8-9-15(3,4)11-17-13-18-12(16)19-14(20-13)21-10-6-2/h5-11H2,1-4H3,(H3,16,17,18,19,20). The van der Waals surface area contributed by atoms with Gasteiger partial charge in [-0.25, -0.2) is 0 Å². The van der Waals surface area contributed by atoms with Gasteiger partial charge in [0.2, 0.25) is 11.9 Å². The number of nitrogen functional groups attached to an aromatic ring is 1. The molecule has 0 unspecified atom stereocenters. The molecule has 21 heavy (non-hydrogen) atoms. The average Bonchev–Trinajstić information content (AvgIpc) is 2.43. The van der Waals surface area contributed by atoms with Gasteiger partial charge in [-0.3, -0.25) is 0 Å². The van der Waals surface area contributed by atoms with Crippen molar-refractivity contribution in [3.05, 3.63) is 0 Å². The van der Waals surface area contributed by atoms with Crippen molar-refractivity contribution in [3.8, 4) is 6.01 Å². The van der Waals surface area contributed by atoms with Crippen LogP contribution in [-0.2, 0) is 0 Å². The van der Waals surface area contributed by atoms with Crippen LogP contribution >= 0.6 is 0 Å². The fourth-order valence-corrected chi connectivity index (χ4v) is 1.97. The zero-order chi connectivity index (χ0) is 15.7. The predicted molar refractivity (Wildman–Crippen MR) is 86.4 cm³/mol. The molecule has 120 valence electrons. The van der Waals surface area contributed by atoms with Gasteiger partial charge in [0, 0.05) is 6.54 Å². The number of rotatable bonds is 10. The molecular formula is C15H29N5O. The van der Waals surface area contributed by atoms with E-state index in [0.29, 0.717) is 12.6 Å². The molecule has 0 spiro atoms. The molecule has 6 nitrogen and oxygen atoms in total. The quantitative estimate of drug-likeness (QED) is 0.644. The first-order chi connectivity index (χ1) is 9.96. The highest BCUT2D eigenvalue weighted by Gasteiger charge is 2.18. The number of unbranched alkanes of at least 4 members (excludes halogenated alkanes) is 2. The first-order valence-electron chi connectivity index (χ1n) is 7.85. The van der Waals surface area contributed by atoms with Gasteiger partial charge < -0.3 is 15.8 Å². The number of hydrogen-bond acceptors (Lipinski definition) is 6. The van der Waals surface area contributed by atoms with Crippen LogP contribution in [0.25, 0.3) is 0 Å². The van der Waals surface area contributed by atoms with E-state index in [-0.39, 0.29) is 17.4 Å². The molecule has 0 aromatic carbocycles. The molecule has 0 aliphatic carbocycles. The predicted octanol–water partition coefficient (Wildman–Crippen LogP) is 3.26. The van der Waals surface area contributed by atoms with Crippen LogP contribution in [0.4, 0.5) is 11.9 Å². The highest BCUT2D eigenvalue weighted by molar-refractivity contribution is 5.32. The van der Waals surface area contributed by atoms with E-state index in [1.54, 1.807) is 0 Å². The Morgan fingerprint density at radius 3 is 2.52 bits per heavy atom. The van der Waals surface area contributed by atoms with Crippen molar-refractivity contribution < 1.29 is 4.74 Å². The Hall–Kier alpha value is -1.59. The Balaban J connectivity index is 2.55. The zero-order valence-corrected chi connectivity index (χ0v) is 13.8. The molecule has 1 aromatic rings.